The molecule has 3 heterocycles. The number of nitrogens with two attached hydrogens (primary N) is 1. The topological polar surface area (TPSA) is 97.4 Å². The molecule has 9 heteroatoms. The van der Waals surface area contributed by atoms with Crippen molar-refractivity contribution in [1.29, 1.82) is 5.41 Å². The molecule has 3 aromatic heterocycles. The minimum Gasteiger partial charge on any atom is -0.317 e. The molecule has 0 bridgehead atoms. The van der Waals surface area contributed by atoms with Crippen molar-refractivity contribution >= 4 is 22.6 Å². The molecule has 0 saturated carbocycles. The van der Waals surface area contributed by atoms with Gasteiger partial charge in [-0.15, -0.1) is 9.78 Å². The van der Waals surface area contributed by atoms with E-state index in [4.69, 9.17) is 11.1 Å². The Morgan fingerprint density at radius 2 is 2.07 bits per heavy atom. The van der Waals surface area contributed by atoms with Gasteiger partial charge in [-0.1, -0.05) is 0 Å². The van der Waals surface area contributed by atoms with Gasteiger partial charge in [-0.3, -0.25) is 9.67 Å². The largest absolute Gasteiger partial charge is 0.317 e. The summed E-state index contributed by atoms with van der Waals surface area (Å²) < 4.78 is 32.4. The lowest BCUT2D eigenvalue weighted by molar-refractivity contribution is -0.610. The van der Waals surface area contributed by atoms with Gasteiger partial charge >= 0.3 is 0 Å². The number of pyridine rings is 1. The molecule has 0 radical (unpaired) electrons. The number of anilines is 1. The van der Waals surface area contributed by atoms with Crippen LogP contribution in [0.5, 0.6) is 0 Å². The van der Waals surface area contributed by atoms with Gasteiger partial charge in [0.25, 0.3) is 5.84 Å². The van der Waals surface area contributed by atoms with Gasteiger partial charge in [0.1, 0.15) is 11.6 Å². The number of nitrogens with one attached hydrogen (secondary N) is 1. The van der Waals surface area contributed by atoms with E-state index in [0.717, 1.165) is 10.2 Å². The molecule has 140 valence electrons. The first kappa shape index (κ1) is 17.7. The number of halogens is 2. The molecule has 1 aromatic carbocycles. The highest BCUT2D eigenvalue weighted by Crippen LogP contribution is 2.27. The van der Waals surface area contributed by atoms with Crippen LogP contribution in [0.2, 0.25) is 0 Å². The molecule has 4 aromatic rings. The zero-order valence-electron chi connectivity index (χ0n) is 14.9. The van der Waals surface area contributed by atoms with Crippen LogP contribution < -0.4 is 10.4 Å². The van der Waals surface area contributed by atoms with Crippen molar-refractivity contribution in [1.82, 2.24) is 19.9 Å². The number of nitrogen functional groups attached to an aromatic ring is 1. The Balaban J connectivity index is 1.78. The van der Waals surface area contributed by atoms with E-state index in [1.54, 1.807) is 48.5 Å². The number of fused-ring (bicyclic) bond motifs is 1. The second-order valence-electron chi connectivity index (χ2n) is 6.33. The number of rotatable bonds is 3. The minimum atomic E-state index is -0.772. The molecule has 0 aliphatic carbocycles. The molecule has 0 aliphatic heterocycles. The van der Waals surface area contributed by atoms with Gasteiger partial charge in [0, 0.05) is 53.7 Å². The van der Waals surface area contributed by atoms with Gasteiger partial charge in [-0.25, -0.2) is 8.78 Å². The summed E-state index contributed by atoms with van der Waals surface area (Å²) in [7, 11) is 1.78. The van der Waals surface area contributed by atoms with E-state index >= 15 is 4.39 Å². The maximum atomic E-state index is 15.1. The van der Waals surface area contributed by atoms with Crippen molar-refractivity contribution in [3.8, 4) is 11.1 Å². The third-order valence-corrected chi connectivity index (χ3v) is 4.39. The molecular weight excluding hydrogens is 364 g/mol. The summed E-state index contributed by atoms with van der Waals surface area (Å²) in [5.74, 6) is -1.47. The highest BCUT2D eigenvalue weighted by Gasteiger charge is 2.21. The summed E-state index contributed by atoms with van der Waals surface area (Å²) in [5, 5.41) is 16.4. The maximum Gasteiger partial charge on any atom is 0.259 e. The summed E-state index contributed by atoms with van der Waals surface area (Å²) in [4.78, 5) is 4.17. The number of benzene rings is 1. The fourth-order valence-corrected chi connectivity index (χ4v) is 2.98. The number of nitrogens with zero attached hydrogens (tertiary/aromatic N) is 5. The van der Waals surface area contributed by atoms with Crippen LogP contribution in [0.1, 0.15) is 5.56 Å². The van der Waals surface area contributed by atoms with E-state index in [2.05, 4.69) is 15.2 Å². The summed E-state index contributed by atoms with van der Waals surface area (Å²) in [6.07, 6.45) is 6.10. The molecule has 0 unspecified atom stereocenters. The number of hydrogen-bond acceptors (Lipinski definition) is 5. The summed E-state index contributed by atoms with van der Waals surface area (Å²) in [6, 6.07) is 5.94. The van der Waals surface area contributed by atoms with Crippen LogP contribution in [0.4, 0.5) is 14.6 Å². The molecule has 4 rings (SSSR count). The fraction of sp³-hybridized carbons (Fsp3) is 0.105. The first-order valence-electron chi connectivity index (χ1n) is 8.40. The van der Waals surface area contributed by atoms with Crippen molar-refractivity contribution in [2.24, 2.45) is 7.05 Å². The van der Waals surface area contributed by atoms with Gasteiger partial charge in [0.2, 0.25) is 5.82 Å². The molecule has 0 spiro atoms. The second-order valence-corrected chi connectivity index (χ2v) is 6.33. The van der Waals surface area contributed by atoms with Gasteiger partial charge in [-0.05, 0) is 12.1 Å². The Bertz CT molecular complexity index is 1220. The molecular formula is C19H16F2N7+. The van der Waals surface area contributed by atoms with Crippen molar-refractivity contribution < 1.29 is 13.5 Å². The Kier molecular flexibility index (Phi) is 4.26. The minimum absolute atomic E-state index is 0.147. The summed E-state index contributed by atoms with van der Waals surface area (Å²) >= 11 is 0. The van der Waals surface area contributed by atoms with E-state index in [-0.39, 0.29) is 34.5 Å². The fourth-order valence-electron chi connectivity index (χ4n) is 2.98. The van der Waals surface area contributed by atoms with Crippen molar-refractivity contribution in [2.45, 2.75) is 6.42 Å². The van der Waals surface area contributed by atoms with Gasteiger partial charge in [0.15, 0.2) is 0 Å². The third kappa shape index (κ3) is 3.07. The predicted octanol–water partition coefficient (Wildman–Crippen LogP) is 2.25. The monoisotopic (exact) mass is 380 g/mol. The molecule has 28 heavy (non-hydrogen) atoms. The normalized spacial score (nSPS) is 11.1. The second kappa shape index (κ2) is 6.76. The molecule has 0 saturated heterocycles. The van der Waals surface area contributed by atoms with Crippen LogP contribution in [-0.2, 0) is 13.5 Å². The molecule has 0 atom stereocenters. The molecule has 0 fully saturated rings. The van der Waals surface area contributed by atoms with E-state index in [0.29, 0.717) is 5.56 Å². The highest BCUT2D eigenvalue weighted by molar-refractivity contribution is 5.86. The van der Waals surface area contributed by atoms with Crippen LogP contribution in [0.15, 0.2) is 49.1 Å². The zero-order valence-corrected chi connectivity index (χ0v) is 14.9. The van der Waals surface area contributed by atoms with Gasteiger partial charge in [0.05, 0.1) is 24.3 Å². The van der Waals surface area contributed by atoms with Crippen LogP contribution in [0, 0.1) is 17.0 Å². The van der Waals surface area contributed by atoms with E-state index in [1.807, 2.05) is 0 Å². The quantitative estimate of drug-likeness (QED) is 0.324. The van der Waals surface area contributed by atoms with Crippen LogP contribution in [-0.4, -0.2) is 25.7 Å². The van der Waals surface area contributed by atoms with Crippen molar-refractivity contribution in [3.63, 3.8) is 0 Å². The summed E-state index contributed by atoms with van der Waals surface area (Å²) in [6.45, 7) is 0. The lowest BCUT2D eigenvalue weighted by Crippen LogP contribution is -2.49. The van der Waals surface area contributed by atoms with E-state index < -0.39 is 11.6 Å². The first-order valence-corrected chi connectivity index (χ1v) is 8.40. The first-order chi connectivity index (χ1) is 13.4. The predicted molar refractivity (Wildman–Crippen MR) is 99.5 cm³/mol. The average Bonchev–Trinajstić information content (AvgIpc) is 3.11. The zero-order chi connectivity index (χ0) is 19.8. The average molecular weight is 380 g/mol. The lowest BCUT2D eigenvalue weighted by Gasteiger charge is -2.09. The van der Waals surface area contributed by atoms with Crippen LogP contribution in [0.25, 0.3) is 22.0 Å². The van der Waals surface area contributed by atoms with Gasteiger partial charge in [-0.2, -0.15) is 10.5 Å². The standard InChI is InChI=1S/C19H15F2N7/c1-27-10-12(9-26-27)11-5-14-16(24-8-11)7-15(20)13(19(14)21)6-18(23)28-17(22)3-2-4-25-28/h2-5,7-10,22-23H,6H2,1H3/p+1. The Morgan fingerprint density at radius 3 is 2.79 bits per heavy atom. The Hall–Kier alpha value is -3.75. The highest BCUT2D eigenvalue weighted by atomic mass is 19.1. The lowest BCUT2D eigenvalue weighted by atomic mass is 10.0. The molecule has 3 N–H and O–H groups in total. The van der Waals surface area contributed by atoms with Crippen molar-refractivity contribution in [3.05, 3.63) is 66.3 Å². The molecule has 7 nitrogen and oxygen atoms in total. The SMILES string of the molecule is Cn1cc(-c2cnc3cc(F)c(CC(=N)[n+]4ncccc4N)c(F)c3c2)cn1. The summed E-state index contributed by atoms with van der Waals surface area (Å²) in [5.41, 5.74) is 7.18. The number of aromatic nitrogens is 5. The number of aryl methyl sites for hydroxylation is 1. The molecule has 0 aliphatic rings. The van der Waals surface area contributed by atoms with Crippen LogP contribution in [0.3, 0.4) is 0 Å². The third-order valence-electron chi connectivity index (χ3n) is 4.39. The Morgan fingerprint density at radius 1 is 1.25 bits per heavy atom. The van der Waals surface area contributed by atoms with E-state index in [1.165, 1.54) is 12.3 Å². The Labute approximate surface area is 158 Å². The van der Waals surface area contributed by atoms with Crippen LogP contribution >= 0.6 is 0 Å². The maximum absolute atomic E-state index is 15.1. The molecule has 0 amide bonds. The van der Waals surface area contributed by atoms with Gasteiger partial charge < -0.3 is 5.73 Å². The smallest absolute Gasteiger partial charge is 0.259 e. The number of hydrogen-bond donors (Lipinski definition) is 2. The van der Waals surface area contributed by atoms with Crippen molar-refractivity contribution in [2.75, 3.05) is 5.73 Å². The van der Waals surface area contributed by atoms with E-state index in [9.17, 15) is 4.39 Å².